The summed E-state index contributed by atoms with van der Waals surface area (Å²) in [5, 5.41) is 3.27. The average molecular weight is 221 g/mol. The SMILES string of the molecule is C=CCNc1nc(C)cn1C(C)CC(C)C. The maximum atomic E-state index is 4.48. The topological polar surface area (TPSA) is 29.9 Å². The van der Waals surface area contributed by atoms with Crippen molar-refractivity contribution >= 4 is 5.95 Å². The van der Waals surface area contributed by atoms with Crippen molar-refractivity contribution in [3.8, 4) is 0 Å². The Hall–Kier alpha value is -1.25. The molecule has 0 fully saturated rings. The van der Waals surface area contributed by atoms with Crippen LogP contribution in [-0.4, -0.2) is 16.1 Å². The van der Waals surface area contributed by atoms with E-state index in [0.29, 0.717) is 12.0 Å². The van der Waals surface area contributed by atoms with E-state index in [1.54, 1.807) is 0 Å². The quantitative estimate of drug-likeness (QED) is 0.746. The highest BCUT2D eigenvalue weighted by molar-refractivity contribution is 5.30. The molecule has 0 radical (unpaired) electrons. The molecule has 1 heterocycles. The number of aromatic nitrogens is 2. The first-order valence-electron chi connectivity index (χ1n) is 5.94. The molecule has 0 saturated heterocycles. The van der Waals surface area contributed by atoms with Crippen molar-refractivity contribution in [2.45, 2.75) is 40.2 Å². The standard InChI is InChI=1S/C13H23N3/c1-6-7-14-13-15-11(4)9-16(13)12(5)8-10(2)3/h6,9-10,12H,1,7-8H2,2-5H3,(H,14,15). The molecule has 90 valence electrons. The lowest BCUT2D eigenvalue weighted by Crippen LogP contribution is -2.12. The number of hydrogen-bond donors (Lipinski definition) is 1. The molecule has 1 atom stereocenters. The van der Waals surface area contributed by atoms with E-state index in [-0.39, 0.29) is 0 Å². The molecule has 1 aromatic heterocycles. The van der Waals surface area contributed by atoms with Crippen LogP contribution in [0.2, 0.25) is 0 Å². The Morgan fingerprint density at radius 3 is 2.75 bits per heavy atom. The van der Waals surface area contributed by atoms with Crippen LogP contribution >= 0.6 is 0 Å². The molecule has 1 rings (SSSR count). The minimum absolute atomic E-state index is 0.480. The fourth-order valence-electron chi connectivity index (χ4n) is 1.94. The third-order valence-electron chi connectivity index (χ3n) is 2.54. The fourth-order valence-corrected chi connectivity index (χ4v) is 1.94. The molecule has 0 aliphatic rings. The van der Waals surface area contributed by atoms with Crippen LogP contribution in [-0.2, 0) is 0 Å². The number of rotatable bonds is 6. The normalized spacial score (nSPS) is 12.8. The molecule has 16 heavy (non-hydrogen) atoms. The van der Waals surface area contributed by atoms with Crippen molar-refractivity contribution in [2.24, 2.45) is 5.92 Å². The number of aryl methyl sites for hydroxylation is 1. The van der Waals surface area contributed by atoms with Crippen LogP contribution in [0.5, 0.6) is 0 Å². The van der Waals surface area contributed by atoms with Crippen LogP contribution in [0.25, 0.3) is 0 Å². The predicted molar refractivity (Wildman–Crippen MR) is 69.8 cm³/mol. The van der Waals surface area contributed by atoms with E-state index in [9.17, 15) is 0 Å². The summed E-state index contributed by atoms with van der Waals surface area (Å²) in [6, 6.07) is 0.480. The van der Waals surface area contributed by atoms with Crippen molar-refractivity contribution in [3.05, 3.63) is 24.5 Å². The number of anilines is 1. The number of hydrogen-bond acceptors (Lipinski definition) is 2. The van der Waals surface area contributed by atoms with E-state index >= 15 is 0 Å². The first kappa shape index (κ1) is 12.8. The minimum atomic E-state index is 0.480. The summed E-state index contributed by atoms with van der Waals surface area (Å²) in [5.41, 5.74) is 1.06. The van der Waals surface area contributed by atoms with Gasteiger partial charge in [0.25, 0.3) is 0 Å². The molecular weight excluding hydrogens is 198 g/mol. The van der Waals surface area contributed by atoms with E-state index in [1.807, 2.05) is 13.0 Å². The summed E-state index contributed by atoms with van der Waals surface area (Å²) in [5.74, 6) is 1.65. The first-order chi connectivity index (χ1) is 7.54. The van der Waals surface area contributed by atoms with Gasteiger partial charge in [-0.2, -0.15) is 0 Å². The smallest absolute Gasteiger partial charge is 0.203 e. The maximum Gasteiger partial charge on any atom is 0.203 e. The van der Waals surface area contributed by atoms with Gasteiger partial charge in [-0.3, -0.25) is 0 Å². The van der Waals surface area contributed by atoms with Crippen LogP contribution in [0.4, 0.5) is 5.95 Å². The average Bonchev–Trinajstić information content (AvgIpc) is 2.55. The monoisotopic (exact) mass is 221 g/mol. The summed E-state index contributed by atoms with van der Waals surface area (Å²) in [7, 11) is 0. The second-order valence-corrected chi connectivity index (χ2v) is 4.76. The molecule has 0 aromatic carbocycles. The van der Waals surface area contributed by atoms with Crippen LogP contribution < -0.4 is 5.32 Å². The molecule has 0 aliphatic carbocycles. The van der Waals surface area contributed by atoms with Crippen LogP contribution in [0.1, 0.15) is 38.9 Å². The van der Waals surface area contributed by atoms with Gasteiger partial charge in [0, 0.05) is 18.8 Å². The highest BCUT2D eigenvalue weighted by Crippen LogP contribution is 2.21. The molecular formula is C13H23N3. The van der Waals surface area contributed by atoms with Gasteiger partial charge in [-0.15, -0.1) is 6.58 Å². The zero-order valence-electron chi connectivity index (χ0n) is 10.8. The number of imidazole rings is 1. The van der Waals surface area contributed by atoms with Crippen molar-refractivity contribution in [1.29, 1.82) is 0 Å². The summed E-state index contributed by atoms with van der Waals surface area (Å²) in [4.78, 5) is 4.48. The van der Waals surface area contributed by atoms with Crippen LogP contribution in [0.15, 0.2) is 18.9 Å². The fraction of sp³-hybridized carbons (Fsp3) is 0.615. The summed E-state index contributed by atoms with van der Waals surface area (Å²) in [6.07, 6.45) is 5.12. The van der Waals surface area contributed by atoms with Crippen molar-refractivity contribution in [1.82, 2.24) is 9.55 Å². The number of nitrogens with zero attached hydrogens (tertiary/aromatic N) is 2. The third kappa shape index (κ3) is 3.40. The summed E-state index contributed by atoms with van der Waals surface area (Å²) < 4.78 is 2.22. The maximum absolute atomic E-state index is 4.48. The van der Waals surface area contributed by atoms with Crippen molar-refractivity contribution in [2.75, 3.05) is 11.9 Å². The Balaban J connectivity index is 2.80. The lowest BCUT2D eigenvalue weighted by atomic mass is 10.1. The van der Waals surface area contributed by atoms with Gasteiger partial charge >= 0.3 is 0 Å². The molecule has 0 amide bonds. The van der Waals surface area contributed by atoms with Crippen LogP contribution in [0.3, 0.4) is 0 Å². The molecule has 0 saturated carbocycles. The van der Waals surface area contributed by atoms with Gasteiger partial charge in [-0.25, -0.2) is 4.98 Å². The van der Waals surface area contributed by atoms with Gasteiger partial charge in [-0.05, 0) is 26.2 Å². The Kier molecular flexibility index (Phi) is 4.59. The van der Waals surface area contributed by atoms with Gasteiger partial charge in [0.1, 0.15) is 0 Å². The second kappa shape index (κ2) is 5.73. The first-order valence-corrected chi connectivity index (χ1v) is 5.94. The summed E-state index contributed by atoms with van der Waals surface area (Å²) in [6.45, 7) is 13.2. The largest absolute Gasteiger partial charge is 0.352 e. The third-order valence-corrected chi connectivity index (χ3v) is 2.54. The lowest BCUT2D eigenvalue weighted by Gasteiger charge is -2.18. The van der Waals surface area contributed by atoms with Gasteiger partial charge in [-0.1, -0.05) is 19.9 Å². The Labute approximate surface area is 98.6 Å². The number of nitrogens with one attached hydrogen (secondary N) is 1. The van der Waals surface area contributed by atoms with Gasteiger partial charge in [0.15, 0.2) is 0 Å². The van der Waals surface area contributed by atoms with Crippen molar-refractivity contribution in [3.63, 3.8) is 0 Å². The van der Waals surface area contributed by atoms with E-state index in [1.165, 1.54) is 6.42 Å². The van der Waals surface area contributed by atoms with Gasteiger partial charge in [0.05, 0.1) is 5.69 Å². The van der Waals surface area contributed by atoms with Gasteiger partial charge < -0.3 is 9.88 Å². The van der Waals surface area contributed by atoms with E-state index in [4.69, 9.17) is 0 Å². The molecule has 0 bridgehead atoms. The molecule has 1 N–H and O–H groups in total. The predicted octanol–water partition coefficient (Wildman–Crippen LogP) is 3.40. The molecule has 3 heteroatoms. The molecule has 0 spiro atoms. The van der Waals surface area contributed by atoms with E-state index in [0.717, 1.165) is 18.2 Å². The molecule has 1 aromatic rings. The zero-order chi connectivity index (χ0) is 12.1. The van der Waals surface area contributed by atoms with Gasteiger partial charge in [0.2, 0.25) is 5.95 Å². The Morgan fingerprint density at radius 2 is 2.19 bits per heavy atom. The summed E-state index contributed by atoms with van der Waals surface area (Å²) >= 11 is 0. The highest BCUT2D eigenvalue weighted by atomic mass is 15.2. The van der Waals surface area contributed by atoms with E-state index < -0.39 is 0 Å². The molecule has 3 nitrogen and oxygen atoms in total. The highest BCUT2D eigenvalue weighted by Gasteiger charge is 2.12. The lowest BCUT2D eigenvalue weighted by molar-refractivity contribution is 0.431. The Morgan fingerprint density at radius 1 is 1.50 bits per heavy atom. The minimum Gasteiger partial charge on any atom is -0.352 e. The zero-order valence-corrected chi connectivity index (χ0v) is 10.8. The van der Waals surface area contributed by atoms with Crippen molar-refractivity contribution < 1.29 is 0 Å². The second-order valence-electron chi connectivity index (χ2n) is 4.76. The molecule has 0 aliphatic heterocycles. The molecule has 1 unspecified atom stereocenters. The Bertz CT molecular complexity index is 339. The van der Waals surface area contributed by atoms with Crippen LogP contribution in [0, 0.1) is 12.8 Å². The van der Waals surface area contributed by atoms with E-state index in [2.05, 4.69) is 48.4 Å².